The Morgan fingerprint density at radius 3 is 2.71 bits per heavy atom. The Morgan fingerprint density at radius 2 is 2.00 bits per heavy atom. The van der Waals surface area contributed by atoms with Crippen LogP contribution in [0.5, 0.6) is 0 Å². The summed E-state index contributed by atoms with van der Waals surface area (Å²) >= 11 is 8.92. The van der Waals surface area contributed by atoms with E-state index in [0.717, 1.165) is 15.4 Å². The van der Waals surface area contributed by atoms with Gasteiger partial charge in [-0.15, -0.1) is 22.7 Å². The molecule has 0 saturated carbocycles. The highest BCUT2D eigenvalue weighted by Crippen LogP contribution is 2.27. The van der Waals surface area contributed by atoms with E-state index in [2.05, 4.69) is 10.3 Å². The average Bonchev–Trinajstić information content (AvgIpc) is 3.17. The van der Waals surface area contributed by atoms with Gasteiger partial charge in [-0.05, 0) is 29.1 Å². The van der Waals surface area contributed by atoms with Gasteiger partial charge in [0.05, 0.1) is 4.88 Å². The van der Waals surface area contributed by atoms with Crippen molar-refractivity contribution in [3.8, 4) is 9.88 Å². The number of benzene rings is 1. The summed E-state index contributed by atoms with van der Waals surface area (Å²) in [4.78, 5) is 17.5. The molecule has 0 spiro atoms. The molecule has 1 amide bonds. The van der Waals surface area contributed by atoms with Crippen LogP contribution in [0.2, 0.25) is 5.02 Å². The molecule has 3 nitrogen and oxygen atoms in total. The lowest BCUT2D eigenvalue weighted by Gasteiger charge is -2.03. The van der Waals surface area contributed by atoms with E-state index in [0.29, 0.717) is 17.3 Å². The van der Waals surface area contributed by atoms with Gasteiger partial charge in [0.2, 0.25) is 0 Å². The van der Waals surface area contributed by atoms with Gasteiger partial charge < -0.3 is 5.32 Å². The largest absolute Gasteiger partial charge is 0.347 e. The number of amides is 1. The van der Waals surface area contributed by atoms with Crippen molar-refractivity contribution in [3.63, 3.8) is 0 Å². The molecule has 0 atom stereocenters. The molecule has 6 heteroatoms. The lowest BCUT2D eigenvalue weighted by atomic mass is 10.2. The smallest absolute Gasteiger partial charge is 0.271 e. The molecular formula is C15H11ClN2OS2. The summed E-state index contributed by atoms with van der Waals surface area (Å²) < 4.78 is 0. The molecule has 0 aliphatic heterocycles. The van der Waals surface area contributed by atoms with Crippen LogP contribution in [-0.2, 0) is 6.54 Å². The summed E-state index contributed by atoms with van der Waals surface area (Å²) in [5, 5.41) is 8.20. The number of rotatable bonds is 4. The lowest BCUT2D eigenvalue weighted by molar-refractivity contribution is 0.0946. The fourth-order valence-corrected chi connectivity index (χ4v) is 3.51. The number of nitrogens with one attached hydrogen (secondary N) is 1. The van der Waals surface area contributed by atoms with Crippen molar-refractivity contribution in [2.45, 2.75) is 6.54 Å². The Hall–Kier alpha value is -1.69. The topological polar surface area (TPSA) is 42.0 Å². The van der Waals surface area contributed by atoms with E-state index in [1.54, 1.807) is 28.8 Å². The van der Waals surface area contributed by atoms with E-state index in [-0.39, 0.29) is 5.91 Å². The number of thiophene rings is 1. The summed E-state index contributed by atoms with van der Waals surface area (Å²) in [6.07, 6.45) is 0. The molecule has 0 saturated heterocycles. The van der Waals surface area contributed by atoms with E-state index >= 15 is 0 Å². The van der Waals surface area contributed by atoms with Gasteiger partial charge in [-0.3, -0.25) is 4.79 Å². The lowest BCUT2D eigenvalue weighted by Crippen LogP contribution is -2.23. The van der Waals surface area contributed by atoms with Crippen LogP contribution in [0.25, 0.3) is 9.88 Å². The Labute approximate surface area is 135 Å². The summed E-state index contributed by atoms with van der Waals surface area (Å²) in [5.74, 6) is -0.163. The Bertz CT molecular complexity index is 735. The number of nitrogens with zero attached hydrogens (tertiary/aromatic N) is 1. The second kappa shape index (κ2) is 6.39. The van der Waals surface area contributed by atoms with Gasteiger partial charge in [0, 0.05) is 16.9 Å². The van der Waals surface area contributed by atoms with Crippen molar-refractivity contribution < 1.29 is 4.79 Å². The van der Waals surface area contributed by atoms with Crippen LogP contribution in [0, 0.1) is 0 Å². The maximum absolute atomic E-state index is 12.1. The van der Waals surface area contributed by atoms with Gasteiger partial charge in [0.25, 0.3) is 5.91 Å². The number of aromatic nitrogens is 1. The van der Waals surface area contributed by atoms with E-state index in [1.807, 2.05) is 29.6 Å². The van der Waals surface area contributed by atoms with E-state index in [4.69, 9.17) is 11.6 Å². The third-order valence-corrected chi connectivity index (χ3v) is 4.97. The molecule has 106 valence electrons. The minimum Gasteiger partial charge on any atom is -0.347 e. The highest BCUT2D eigenvalue weighted by atomic mass is 35.5. The monoisotopic (exact) mass is 334 g/mol. The standard InChI is InChI=1S/C15H11ClN2OS2/c16-11-5-3-10(4-6-11)8-17-14(19)12-9-21-15(18-12)13-2-1-7-20-13/h1-7,9H,8H2,(H,17,19). The normalized spacial score (nSPS) is 10.5. The maximum atomic E-state index is 12.1. The molecular weight excluding hydrogens is 324 g/mol. The van der Waals surface area contributed by atoms with Crippen LogP contribution in [0.15, 0.2) is 47.2 Å². The quantitative estimate of drug-likeness (QED) is 0.765. The molecule has 1 N–H and O–H groups in total. The van der Waals surface area contributed by atoms with Crippen LogP contribution in [0.3, 0.4) is 0 Å². The molecule has 2 heterocycles. The number of hydrogen-bond acceptors (Lipinski definition) is 4. The predicted octanol–water partition coefficient (Wildman–Crippen LogP) is 4.46. The molecule has 3 rings (SSSR count). The van der Waals surface area contributed by atoms with Gasteiger partial charge >= 0.3 is 0 Å². The number of thiazole rings is 1. The Kier molecular flexibility index (Phi) is 4.34. The summed E-state index contributed by atoms with van der Waals surface area (Å²) in [7, 11) is 0. The van der Waals surface area contributed by atoms with Crippen molar-refractivity contribution in [2.75, 3.05) is 0 Å². The zero-order chi connectivity index (χ0) is 14.7. The van der Waals surface area contributed by atoms with Crippen LogP contribution in [-0.4, -0.2) is 10.9 Å². The first kappa shape index (κ1) is 14.3. The van der Waals surface area contributed by atoms with Gasteiger partial charge in [0.1, 0.15) is 10.7 Å². The summed E-state index contributed by atoms with van der Waals surface area (Å²) in [5.41, 5.74) is 1.46. The molecule has 0 aliphatic rings. The molecule has 0 aliphatic carbocycles. The number of halogens is 1. The zero-order valence-corrected chi connectivity index (χ0v) is 13.3. The first-order valence-corrected chi connectivity index (χ1v) is 8.38. The highest BCUT2D eigenvalue weighted by molar-refractivity contribution is 7.20. The molecule has 0 fully saturated rings. The number of hydrogen-bond donors (Lipinski definition) is 1. The SMILES string of the molecule is O=C(NCc1ccc(Cl)cc1)c1csc(-c2cccs2)n1. The van der Waals surface area contributed by atoms with Gasteiger partial charge in [-0.25, -0.2) is 4.98 Å². The van der Waals surface area contributed by atoms with Crippen LogP contribution < -0.4 is 5.32 Å². The average molecular weight is 335 g/mol. The molecule has 3 aromatic rings. The minimum absolute atomic E-state index is 0.163. The second-order valence-electron chi connectivity index (χ2n) is 4.32. The van der Waals surface area contributed by atoms with Crippen molar-refractivity contribution in [3.05, 3.63) is 63.4 Å². The Morgan fingerprint density at radius 1 is 1.19 bits per heavy atom. The molecule has 2 aromatic heterocycles. The molecule has 0 radical (unpaired) electrons. The zero-order valence-electron chi connectivity index (χ0n) is 10.9. The van der Waals surface area contributed by atoms with Crippen molar-refractivity contribution in [1.29, 1.82) is 0 Å². The fourth-order valence-electron chi connectivity index (χ4n) is 1.77. The molecule has 1 aromatic carbocycles. The van der Waals surface area contributed by atoms with Crippen molar-refractivity contribution in [2.24, 2.45) is 0 Å². The van der Waals surface area contributed by atoms with Crippen molar-refractivity contribution >= 4 is 40.2 Å². The van der Waals surface area contributed by atoms with E-state index < -0.39 is 0 Å². The minimum atomic E-state index is -0.163. The van der Waals surface area contributed by atoms with Gasteiger partial charge in [-0.2, -0.15) is 0 Å². The van der Waals surface area contributed by atoms with E-state index in [1.165, 1.54) is 11.3 Å². The Balaban J connectivity index is 1.64. The second-order valence-corrected chi connectivity index (χ2v) is 6.57. The third kappa shape index (κ3) is 3.50. The van der Waals surface area contributed by atoms with Gasteiger partial charge in [0.15, 0.2) is 0 Å². The molecule has 0 unspecified atom stereocenters. The summed E-state index contributed by atoms with van der Waals surface area (Å²) in [6.45, 7) is 0.460. The molecule has 0 bridgehead atoms. The molecule has 21 heavy (non-hydrogen) atoms. The number of carbonyl (C=O) groups excluding carboxylic acids is 1. The first-order chi connectivity index (χ1) is 10.2. The predicted molar refractivity (Wildman–Crippen MR) is 88.0 cm³/mol. The van der Waals surface area contributed by atoms with Crippen LogP contribution in [0.1, 0.15) is 16.1 Å². The third-order valence-electron chi connectivity index (χ3n) is 2.84. The summed E-state index contributed by atoms with van der Waals surface area (Å²) in [6, 6.07) is 11.4. The highest BCUT2D eigenvalue weighted by Gasteiger charge is 2.12. The van der Waals surface area contributed by atoms with Crippen LogP contribution >= 0.6 is 34.3 Å². The van der Waals surface area contributed by atoms with Gasteiger partial charge in [-0.1, -0.05) is 29.8 Å². The number of carbonyl (C=O) groups is 1. The maximum Gasteiger partial charge on any atom is 0.271 e. The van der Waals surface area contributed by atoms with E-state index in [9.17, 15) is 4.79 Å². The first-order valence-electron chi connectivity index (χ1n) is 6.24. The van der Waals surface area contributed by atoms with Crippen molar-refractivity contribution in [1.82, 2.24) is 10.3 Å². The van der Waals surface area contributed by atoms with Crippen LogP contribution in [0.4, 0.5) is 0 Å². The fraction of sp³-hybridized carbons (Fsp3) is 0.0667.